The third-order valence-corrected chi connectivity index (χ3v) is 3.83. The van der Waals surface area contributed by atoms with E-state index >= 15 is 0 Å². The lowest BCUT2D eigenvalue weighted by molar-refractivity contribution is -0.136. The molecule has 0 bridgehead atoms. The van der Waals surface area contributed by atoms with Gasteiger partial charge < -0.3 is 4.90 Å². The summed E-state index contributed by atoms with van der Waals surface area (Å²) < 4.78 is 0. The second-order valence-corrected chi connectivity index (χ2v) is 5.31. The largest absolute Gasteiger partial charge is 0.334 e. The van der Waals surface area contributed by atoms with Gasteiger partial charge in [0.2, 0.25) is 5.91 Å². The number of hydrogen-bond donors (Lipinski definition) is 0. The molecule has 1 unspecified atom stereocenters. The van der Waals surface area contributed by atoms with Crippen molar-refractivity contribution in [2.75, 3.05) is 0 Å². The summed E-state index contributed by atoms with van der Waals surface area (Å²) in [4.78, 5) is 37.2. The molecule has 4 heteroatoms. The van der Waals surface area contributed by atoms with E-state index in [0.717, 1.165) is 5.56 Å². The second-order valence-electron chi connectivity index (χ2n) is 5.31. The van der Waals surface area contributed by atoms with Crippen LogP contribution in [0.25, 0.3) is 0 Å². The molecule has 106 valence electrons. The van der Waals surface area contributed by atoms with Crippen molar-refractivity contribution < 1.29 is 14.4 Å². The fraction of sp³-hybridized carbons (Fsp3) is 0.438. The quantitative estimate of drug-likeness (QED) is 0.771. The summed E-state index contributed by atoms with van der Waals surface area (Å²) in [6.07, 6.45) is 0.990. The van der Waals surface area contributed by atoms with E-state index in [9.17, 15) is 14.4 Å². The van der Waals surface area contributed by atoms with Gasteiger partial charge in [-0.1, -0.05) is 30.3 Å². The second kappa shape index (κ2) is 5.99. The van der Waals surface area contributed by atoms with Gasteiger partial charge in [0, 0.05) is 19.0 Å². The Bertz CT molecular complexity index is 510. The Kier molecular flexibility index (Phi) is 4.32. The van der Waals surface area contributed by atoms with E-state index in [1.165, 1.54) is 13.8 Å². The molecule has 0 N–H and O–H groups in total. The maximum absolute atomic E-state index is 12.0. The normalized spacial score (nSPS) is 18.6. The van der Waals surface area contributed by atoms with Crippen LogP contribution in [0.1, 0.15) is 32.3 Å². The Labute approximate surface area is 118 Å². The van der Waals surface area contributed by atoms with Crippen LogP contribution in [0.15, 0.2) is 30.3 Å². The molecule has 1 amide bonds. The summed E-state index contributed by atoms with van der Waals surface area (Å²) in [5.74, 6) is -0.984. The molecule has 1 aromatic rings. The molecule has 1 heterocycles. The first kappa shape index (κ1) is 14.4. The van der Waals surface area contributed by atoms with E-state index in [1.807, 2.05) is 30.3 Å². The van der Waals surface area contributed by atoms with Crippen LogP contribution in [0.5, 0.6) is 0 Å². The summed E-state index contributed by atoms with van der Waals surface area (Å²) in [6, 6.07) is 9.34. The number of carbonyl (C=O) groups is 3. The smallest absolute Gasteiger partial charge is 0.223 e. The predicted molar refractivity (Wildman–Crippen MR) is 74.9 cm³/mol. The summed E-state index contributed by atoms with van der Waals surface area (Å²) in [6.45, 7) is 3.31. The Hall–Kier alpha value is -1.97. The SMILES string of the molecule is CC(=O)C(C(C)=O)C1CCC(=O)N1Cc1ccccc1. The van der Waals surface area contributed by atoms with Gasteiger partial charge in [0.05, 0.1) is 5.92 Å². The van der Waals surface area contributed by atoms with Gasteiger partial charge in [-0.2, -0.15) is 0 Å². The summed E-state index contributed by atoms with van der Waals surface area (Å²) in [5, 5.41) is 0. The molecule has 4 nitrogen and oxygen atoms in total. The fourth-order valence-electron chi connectivity index (χ4n) is 2.92. The molecule has 0 spiro atoms. The molecule has 1 saturated heterocycles. The highest BCUT2D eigenvalue weighted by Crippen LogP contribution is 2.28. The maximum atomic E-state index is 12.0. The van der Waals surface area contributed by atoms with Crippen molar-refractivity contribution in [3.8, 4) is 0 Å². The third kappa shape index (κ3) is 2.95. The number of hydrogen-bond acceptors (Lipinski definition) is 3. The van der Waals surface area contributed by atoms with E-state index in [4.69, 9.17) is 0 Å². The molecule has 1 aliphatic heterocycles. The van der Waals surface area contributed by atoms with Gasteiger partial charge in [-0.05, 0) is 25.8 Å². The van der Waals surface area contributed by atoms with Crippen LogP contribution < -0.4 is 0 Å². The van der Waals surface area contributed by atoms with Gasteiger partial charge in [0.1, 0.15) is 11.6 Å². The van der Waals surface area contributed by atoms with Crippen LogP contribution in [-0.4, -0.2) is 28.4 Å². The average Bonchev–Trinajstić information content (AvgIpc) is 2.72. The first-order valence-electron chi connectivity index (χ1n) is 6.85. The zero-order valence-electron chi connectivity index (χ0n) is 11.8. The van der Waals surface area contributed by atoms with Gasteiger partial charge in [-0.15, -0.1) is 0 Å². The molecule has 0 saturated carbocycles. The average molecular weight is 273 g/mol. The minimum Gasteiger partial charge on any atom is -0.334 e. The van der Waals surface area contributed by atoms with E-state index in [2.05, 4.69) is 0 Å². The topological polar surface area (TPSA) is 54.5 Å². The fourth-order valence-corrected chi connectivity index (χ4v) is 2.92. The van der Waals surface area contributed by atoms with Crippen molar-refractivity contribution in [3.63, 3.8) is 0 Å². The lowest BCUT2D eigenvalue weighted by atomic mass is 9.90. The molecule has 0 radical (unpaired) electrons. The third-order valence-electron chi connectivity index (χ3n) is 3.83. The lowest BCUT2D eigenvalue weighted by Gasteiger charge is -2.29. The number of carbonyl (C=O) groups excluding carboxylic acids is 3. The van der Waals surface area contributed by atoms with E-state index in [1.54, 1.807) is 4.90 Å². The van der Waals surface area contributed by atoms with Gasteiger partial charge >= 0.3 is 0 Å². The van der Waals surface area contributed by atoms with Crippen molar-refractivity contribution in [1.82, 2.24) is 4.90 Å². The number of nitrogens with zero attached hydrogens (tertiary/aromatic N) is 1. The van der Waals surface area contributed by atoms with Crippen molar-refractivity contribution in [3.05, 3.63) is 35.9 Å². The van der Waals surface area contributed by atoms with Crippen molar-refractivity contribution in [2.45, 2.75) is 39.3 Å². The molecule has 1 aromatic carbocycles. The highest BCUT2D eigenvalue weighted by molar-refractivity contribution is 6.01. The van der Waals surface area contributed by atoms with Gasteiger partial charge in [0.15, 0.2) is 0 Å². The Morgan fingerprint density at radius 1 is 1.20 bits per heavy atom. The van der Waals surface area contributed by atoms with E-state index in [0.29, 0.717) is 19.4 Å². The Balaban J connectivity index is 2.22. The highest BCUT2D eigenvalue weighted by atomic mass is 16.2. The monoisotopic (exact) mass is 273 g/mol. The first-order chi connectivity index (χ1) is 9.50. The van der Waals surface area contributed by atoms with Crippen molar-refractivity contribution >= 4 is 17.5 Å². The first-order valence-corrected chi connectivity index (χ1v) is 6.85. The molecule has 2 rings (SSSR count). The predicted octanol–water partition coefficient (Wildman–Crippen LogP) is 1.97. The molecule has 0 aliphatic carbocycles. The van der Waals surface area contributed by atoms with Gasteiger partial charge in [0.25, 0.3) is 0 Å². The minimum absolute atomic E-state index is 0.0198. The maximum Gasteiger partial charge on any atom is 0.223 e. The van der Waals surface area contributed by atoms with Gasteiger partial charge in [-0.3, -0.25) is 14.4 Å². The summed E-state index contributed by atoms with van der Waals surface area (Å²) in [5.41, 5.74) is 1.01. The Morgan fingerprint density at radius 2 is 1.80 bits per heavy atom. The zero-order chi connectivity index (χ0) is 14.7. The van der Waals surface area contributed by atoms with Crippen LogP contribution in [0.3, 0.4) is 0 Å². The van der Waals surface area contributed by atoms with Crippen LogP contribution in [0.4, 0.5) is 0 Å². The Morgan fingerprint density at radius 3 is 2.35 bits per heavy atom. The van der Waals surface area contributed by atoms with Crippen molar-refractivity contribution in [2.24, 2.45) is 5.92 Å². The highest BCUT2D eigenvalue weighted by Gasteiger charge is 2.40. The zero-order valence-corrected chi connectivity index (χ0v) is 11.8. The van der Waals surface area contributed by atoms with Crippen LogP contribution in [0.2, 0.25) is 0 Å². The molecule has 1 aliphatic rings. The molecule has 20 heavy (non-hydrogen) atoms. The number of amides is 1. The number of benzene rings is 1. The van der Waals surface area contributed by atoms with E-state index in [-0.39, 0.29) is 23.5 Å². The molecule has 1 fully saturated rings. The minimum atomic E-state index is -0.690. The number of ketones is 2. The van der Waals surface area contributed by atoms with E-state index < -0.39 is 5.92 Å². The number of rotatable bonds is 5. The number of likely N-dealkylation sites (tertiary alicyclic amines) is 1. The van der Waals surface area contributed by atoms with Crippen molar-refractivity contribution in [1.29, 1.82) is 0 Å². The van der Waals surface area contributed by atoms with Crippen LogP contribution in [-0.2, 0) is 20.9 Å². The lowest BCUT2D eigenvalue weighted by Crippen LogP contribution is -2.43. The molecule has 0 aromatic heterocycles. The van der Waals surface area contributed by atoms with Crippen LogP contribution in [0, 0.1) is 5.92 Å². The summed E-state index contributed by atoms with van der Waals surface area (Å²) in [7, 11) is 0. The molecular formula is C16H19NO3. The van der Waals surface area contributed by atoms with Gasteiger partial charge in [-0.25, -0.2) is 0 Å². The molecule has 1 atom stereocenters. The summed E-state index contributed by atoms with van der Waals surface area (Å²) >= 11 is 0. The number of Topliss-reactive ketones (excluding diaryl/α,β-unsaturated/α-hetero) is 2. The molecular weight excluding hydrogens is 254 g/mol. The van der Waals surface area contributed by atoms with Crippen LogP contribution >= 0.6 is 0 Å². The standard InChI is InChI=1S/C16H19NO3/c1-11(18)16(12(2)19)14-8-9-15(20)17(14)10-13-6-4-3-5-7-13/h3-7,14,16H,8-10H2,1-2H3.